The van der Waals surface area contributed by atoms with E-state index in [1.165, 1.54) is 11.1 Å². The fraction of sp³-hybridized carbons (Fsp3) is 0.389. The molecule has 6 heteroatoms. The van der Waals surface area contributed by atoms with Crippen molar-refractivity contribution < 1.29 is 4.74 Å². The number of aryl methyl sites for hydroxylation is 2. The molecule has 0 aliphatic carbocycles. The normalized spacial score (nSPS) is 15.2. The van der Waals surface area contributed by atoms with Crippen molar-refractivity contribution in [2.75, 3.05) is 31.2 Å². The largest absolute Gasteiger partial charge is 0.378 e. The van der Waals surface area contributed by atoms with Crippen molar-refractivity contribution >= 4 is 11.5 Å². The van der Waals surface area contributed by atoms with Crippen LogP contribution in [0.2, 0.25) is 0 Å². The van der Waals surface area contributed by atoms with E-state index in [4.69, 9.17) is 14.8 Å². The minimum Gasteiger partial charge on any atom is -0.378 e. The molecule has 0 saturated carbocycles. The Morgan fingerprint density at radius 3 is 2.79 bits per heavy atom. The van der Waals surface area contributed by atoms with Crippen molar-refractivity contribution in [1.82, 2.24) is 19.6 Å². The Bertz CT molecular complexity index is 853. The van der Waals surface area contributed by atoms with Crippen LogP contribution in [0.3, 0.4) is 0 Å². The van der Waals surface area contributed by atoms with Crippen LogP contribution in [-0.4, -0.2) is 45.9 Å². The first-order chi connectivity index (χ1) is 11.7. The van der Waals surface area contributed by atoms with Gasteiger partial charge in [-0.05, 0) is 25.5 Å². The third-order valence-corrected chi connectivity index (χ3v) is 4.43. The summed E-state index contributed by atoms with van der Waals surface area (Å²) in [4.78, 5) is 11.3. The van der Waals surface area contributed by atoms with E-state index < -0.39 is 0 Å². The molecular weight excluding hydrogens is 302 g/mol. The van der Waals surface area contributed by atoms with Crippen molar-refractivity contribution in [3.8, 4) is 0 Å². The predicted molar refractivity (Wildman–Crippen MR) is 92.5 cm³/mol. The van der Waals surface area contributed by atoms with Gasteiger partial charge in [0.25, 0.3) is 0 Å². The zero-order chi connectivity index (χ0) is 16.5. The number of pyridine rings is 1. The number of aromatic nitrogens is 4. The summed E-state index contributed by atoms with van der Waals surface area (Å²) in [5.74, 6) is 1.10. The lowest BCUT2D eigenvalue weighted by molar-refractivity contribution is 0.122. The van der Waals surface area contributed by atoms with Gasteiger partial charge in [0.15, 0.2) is 5.65 Å². The molecule has 1 aliphatic rings. The number of nitrogens with zero attached hydrogens (tertiary/aromatic N) is 5. The van der Waals surface area contributed by atoms with Gasteiger partial charge in [-0.1, -0.05) is 6.07 Å². The van der Waals surface area contributed by atoms with E-state index in [0.29, 0.717) is 0 Å². The quantitative estimate of drug-likeness (QED) is 0.739. The number of fused-ring (bicyclic) bond motifs is 1. The highest BCUT2D eigenvalue weighted by Crippen LogP contribution is 2.24. The highest BCUT2D eigenvalue weighted by atomic mass is 16.5. The molecule has 6 nitrogen and oxygen atoms in total. The molecule has 1 saturated heterocycles. The summed E-state index contributed by atoms with van der Waals surface area (Å²) in [5.41, 5.74) is 5.31. The first-order valence-electron chi connectivity index (χ1n) is 8.30. The monoisotopic (exact) mass is 323 g/mol. The number of morpholine rings is 1. The second kappa shape index (κ2) is 6.20. The smallest absolute Gasteiger partial charge is 0.161 e. The molecule has 124 valence electrons. The van der Waals surface area contributed by atoms with Crippen LogP contribution in [0.5, 0.6) is 0 Å². The maximum atomic E-state index is 5.48. The average molecular weight is 323 g/mol. The lowest BCUT2D eigenvalue weighted by atomic mass is 10.1. The summed E-state index contributed by atoms with van der Waals surface area (Å²) in [6.45, 7) is 7.38. The van der Waals surface area contributed by atoms with Crippen LogP contribution in [0, 0.1) is 13.8 Å². The molecule has 0 N–H and O–H groups in total. The van der Waals surface area contributed by atoms with E-state index in [-0.39, 0.29) is 0 Å². The molecule has 0 unspecified atom stereocenters. The average Bonchev–Trinajstić information content (AvgIpc) is 2.92. The Kier molecular flexibility index (Phi) is 3.90. The van der Waals surface area contributed by atoms with Crippen LogP contribution in [0.4, 0.5) is 5.82 Å². The Labute approximate surface area is 141 Å². The Morgan fingerprint density at radius 1 is 1.21 bits per heavy atom. The summed E-state index contributed by atoms with van der Waals surface area (Å²) >= 11 is 0. The third-order valence-electron chi connectivity index (χ3n) is 4.43. The summed E-state index contributed by atoms with van der Waals surface area (Å²) in [5, 5.41) is 4.78. The van der Waals surface area contributed by atoms with E-state index in [0.717, 1.165) is 55.6 Å². The van der Waals surface area contributed by atoms with Crippen LogP contribution in [0.1, 0.15) is 22.5 Å². The van der Waals surface area contributed by atoms with E-state index in [1.54, 1.807) is 6.20 Å². The van der Waals surface area contributed by atoms with Crippen LogP contribution in [-0.2, 0) is 11.2 Å². The Hall–Kier alpha value is -2.47. The molecule has 24 heavy (non-hydrogen) atoms. The number of rotatable bonds is 3. The number of ether oxygens (including phenoxy) is 1. The van der Waals surface area contributed by atoms with Gasteiger partial charge < -0.3 is 9.64 Å². The van der Waals surface area contributed by atoms with Crippen molar-refractivity contribution in [1.29, 1.82) is 0 Å². The first kappa shape index (κ1) is 15.1. The SMILES string of the molecule is Cc1cc(N2CCOCC2)n2nc(C)c(Cc3cccnc3)c2n1. The maximum absolute atomic E-state index is 5.48. The second-order valence-corrected chi connectivity index (χ2v) is 6.19. The van der Waals surface area contributed by atoms with Gasteiger partial charge in [-0.15, -0.1) is 0 Å². The van der Waals surface area contributed by atoms with Gasteiger partial charge in [-0.2, -0.15) is 9.61 Å². The van der Waals surface area contributed by atoms with Crippen LogP contribution in [0.25, 0.3) is 5.65 Å². The highest BCUT2D eigenvalue weighted by Gasteiger charge is 2.19. The van der Waals surface area contributed by atoms with Crippen molar-refractivity contribution in [3.05, 3.63) is 53.1 Å². The van der Waals surface area contributed by atoms with Crippen LogP contribution >= 0.6 is 0 Å². The van der Waals surface area contributed by atoms with Gasteiger partial charge in [0.2, 0.25) is 0 Å². The molecule has 4 heterocycles. The molecule has 0 amide bonds. The van der Waals surface area contributed by atoms with Gasteiger partial charge in [0.1, 0.15) is 5.82 Å². The fourth-order valence-electron chi connectivity index (χ4n) is 3.20. The first-order valence-corrected chi connectivity index (χ1v) is 8.30. The maximum Gasteiger partial charge on any atom is 0.161 e. The number of anilines is 1. The molecule has 1 aliphatic heterocycles. The van der Waals surface area contributed by atoms with E-state index in [1.807, 2.05) is 23.7 Å². The molecule has 0 spiro atoms. The van der Waals surface area contributed by atoms with E-state index in [9.17, 15) is 0 Å². The fourth-order valence-corrected chi connectivity index (χ4v) is 3.20. The van der Waals surface area contributed by atoms with Gasteiger partial charge in [0, 0.05) is 49.2 Å². The molecule has 3 aromatic heterocycles. The number of hydrogen-bond donors (Lipinski definition) is 0. The van der Waals surface area contributed by atoms with Gasteiger partial charge in [-0.25, -0.2) is 4.98 Å². The topological polar surface area (TPSA) is 55.6 Å². The minimum absolute atomic E-state index is 0.756. The Morgan fingerprint density at radius 2 is 2.04 bits per heavy atom. The molecule has 0 aromatic carbocycles. The summed E-state index contributed by atoms with van der Waals surface area (Å²) in [6, 6.07) is 6.17. The molecule has 1 fully saturated rings. The van der Waals surface area contributed by atoms with Gasteiger partial charge in [-0.3, -0.25) is 4.98 Å². The molecule has 0 atom stereocenters. The predicted octanol–water partition coefficient (Wildman–Crippen LogP) is 2.17. The van der Waals surface area contributed by atoms with Crippen LogP contribution in [0.15, 0.2) is 30.6 Å². The third kappa shape index (κ3) is 2.73. The Balaban J connectivity index is 1.81. The van der Waals surface area contributed by atoms with E-state index >= 15 is 0 Å². The molecular formula is C18H21N5O. The molecule has 0 bridgehead atoms. The summed E-state index contributed by atoms with van der Waals surface area (Å²) in [7, 11) is 0. The lowest BCUT2D eigenvalue weighted by Crippen LogP contribution is -2.37. The van der Waals surface area contributed by atoms with Crippen molar-refractivity contribution in [3.63, 3.8) is 0 Å². The zero-order valence-corrected chi connectivity index (χ0v) is 14.1. The number of hydrogen-bond acceptors (Lipinski definition) is 5. The summed E-state index contributed by atoms with van der Waals surface area (Å²) in [6.07, 6.45) is 4.50. The van der Waals surface area contributed by atoms with E-state index in [2.05, 4.69) is 28.9 Å². The summed E-state index contributed by atoms with van der Waals surface area (Å²) < 4.78 is 7.46. The second-order valence-electron chi connectivity index (χ2n) is 6.19. The molecule has 4 rings (SSSR count). The molecule has 3 aromatic rings. The zero-order valence-electron chi connectivity index (χ0n) is 14.1. The van der Waals surface area contributed by atoms with Crippen molar-refractivity contribution in [2.24, 2.45) is 0 Å². The minimum atomic E-state index is 0.756. The van der Waals surface area contributed by atoms with Gasteiger partial charge >= 0.3 is 0 Å². The van der Waals surface area contributed by atoms with Gasteiger partial charge in [0.05, 0.1) is 18.9 Å². The standard InChI is InChI=1S/C18H21N5O/c1-13-10-17(22-6-8-24-9-7-22)23-18(20-13)16(14(2)21-23)11-15-4-3-5-19-12-15/h3-5,10,12H,6-9,11H2,1-2H3. The highest BCUT2D eigenvalue weighted by molar-refractivity contribution is 5.58. The molecule has 0 radical (unpaired) electrons. The lowest BCUT2D eigenvalue weighted by Gasteiger charge is -2.29. The van der Waals surface area contributed by atoms with Crippen LogP contribution < -0.4 is 4.90 Å². The van der Waals surface area contributed by atoms with Crippen molar-refractivity contribution in [2.45, 2.75) is 20.3 Å².